The third-order valence-corrected chi connectivity index (χ3v) is 2.71. The van der Waals surface area contributed by atoms with Gasteiger partial charge in [-0.25, -0.2) is 0 Å². The molecule has 0 aliphatic carbocycles. The molecule has 2 aromatic rings. The van der Waals surface area contributed by atoms with Crippen molar-refractivity contribution in [3.63, 3.8) is 0 Å². The van der Waals surface area contributed by atoms with Crippen molar-refractivity contribution >= 4 is 33.4 Å². The molecular formula is C10H8INO. The largest absolute Gasteiger partial charge is 0.318 e. The average molecular weight is 285 g/mol. The first-order valence-corrected chi connectivity index (χ1v) is 5.01. The molecule has 66 valence electrons. The highest BCUT2D eigenvalue weighted by Gasteiger charge is 1.99. The molecular weight excluding hydrogens is 277 g/mol. The van der Waals surface area contributed by atoms with Crippen LogP contribution in [-0.2, 0) is 7.05 Å². The van der Waals surface area contributed by atoms with E-state index in [-0.39, 0.29) is 5.56 Å². The fourth-order valence-electron chi connectivity index (χ4n) is 1.32. The van der Waals surface area contributed by atoms with Crippen LogP contribution in [0.1, 0.15) is 0 Å². The van der Waals surface area contributed by atoms with Crippen LogP contribution in [0.25, 0.3) is 10.8 Å². The second-order valence-corrected chi connectivity index (χ2v) is 4.21. The summed E-state index contributed by atoms with van der Waals surface area (Å²) in [5.74, 6) is 0. The van der Waals surface area contributed by atoms with Crippen LogP contribution in [0.5, 0.6) is 0 Å². The van der Waals surface area contributed by atoms with Gasteiger partial charge in [0.05, 0.1) is 0 Å². The zero-order valence-corrected chi connectivity index (χ0v) is 9.28. The Bertz CT molecular complexity index is 516. The van der Waals surface area contributed by atoms with Crippen LogP contribution in [0.15, 0.2) is 35.3 Å². The summed E-state index contributed by atoms with van der Waals surface area (Å²) in [6, 6.07) is 7.79. The number of halogens is 1. The predicted octanol–water partition coefficient (Wildman–Crippen LogP) is 2.14. The zero-order chi connectivity index (χ0) is 9.42. The Morgan fingerprint density at radius 3 is 2.85 bits per heavy atom. The summed E-state index contributed by atoms with van der Waals surface area (Å²) < 4.78 is 2.74. The lowest BCUT2D eigenvalue weighted by atomic mass is 10.2. The highest BCUT2D eigenvalue weighted by Crippen LogP contribution is 2.13. The second kappa shape index (κ2) is 3.14. The Hall–Kier alpha value is -0.840. The molecule has 2 rings (SSSR count). The van der Waals surface area contributed by atoms with E-state index in [1.54, 1.807) is 17.8 Å². The molecule has 0 bridgehead atoms. The lowest BCUT2D eigenvalue weighted by molar-refractivity contribution is 0.873. The van der Waals surface area contributed by atoms with Gasteiger partial charge in [0.15, 0.2) is 0 Å². The first kappa shape index (κ1) is 8.74. The van der Waals surface area contributed by atoms with Gasteiger partial charge in [-0.2, -0.15) is 0 Å². The molecule has 0 aliphatic heterocycles. The minimum atomic E-state index is 0.0638. The van der Waals surface area contributed by atoms with Gasteiger partial charge in [0.25, 0.3) is 5.56 Å². The first-order valence-electron chi connectivity index (χ1n) is 3.93. The van der Waals surface area contributed by atoms with E-state index in [0.717, 1.165) is 14.3 Å². The summed E-state index contributed by atoms with van der Waals surface area (Å²) in [7, 11) is 1.76. The Balaban J connectivity index is 2.95. The van der Waals surface area contributed by atoms with Gasteiger partial charge in [-0.3, -0.25) is 4.79 Å². The molecule has 0 aliphatic rings. The number of hydrogen-bond donors (Lipinski definition) is 0. The van der Waals surface area contributed by atoms with Crippen LogP contribution in [0.2, 0.25) is 0 Å². The molecule has 0 amide bonds. The van der Waals surface area contributed by atoms with Crippen LogP contribution in [-0.4, -0.2) is 4.57 Å². The molecule has 0 spiro atoms. The van der Waals surface area contributed by atoms with Crippen molar-refractivity contribution in [1.29, 1.82) is 0 Å². The summed E-state index contributed by atoms with van der Waals surface area (Å²) in [5, 5.41) is 1.79. The number of aromatic nitrogens is 1. The van der Waals surface area contributed by atoms with Gasteiger partial charge in [-0.1, -0.05) is 0 Å². The van der Waals surface area contributed by atoms with Gasteiger partial charge in [-0.15, -0.1) is 0 Å². The number of hydrogen-bond acceptors (Lipinski definition) is 1. The van der Waals surface area contributed by atoms with Gasteiger partial charge < -0.3 is 4.57 Å². The molecule has 0 unspecified atom stereocenters. The van der Waals surface area contributed by atoms with Crippen LogP contribution < -0.4 is 5.56 Å². The number of fused-ring (bicyclic) bond motifs is 1. The molecule has 0 fully saturated rings. The maximum atomic E-state index is 11.6. The van der Waals surface area contributed by atoms with Gasteiger partial charge in [-0.05, 0) is 52.2 Å². The topological polar surface area (TPSA) is 22.0 Å². The first-order chi connectivity index (χ1) is 6.18. The Morgan fingerprint density at radius 2 is 2.08 bits per heavy atom. The van der Waals surface area contributed by atoms with E-state index in [1.165, 1.54) is 0 Å². The molecule has 1 aromatic heterocycles. The quantitative estimate of drug-likeness (QED) is 0.680. The predicted molar refractivity (Wildman–Crippen MR) is 61.9 cm³/mol. The molecule has 3 heteroatoms. The van der Waals surface area contributed by atoms with Crippen molar-refractivity contribution in [2.75, 3.05) is 0 Å². The van der Waals surface area contributed by atoms with E-state index in [1.807, 2.05) is 24.3 Å². The minimum Gasteiger partial charge on any atom is -0.318 e. The van der Waals surface area contributed by atoms with E-state index in [0.29, 0.717) is 0 Å². The van der Waals surface area contributed by atoms with Crippen molar-refractivity contribution < 1.29 is 0 Å². The number of aryl methyl sites for hydroxylation is 1. The van der Waals surface area contributed by atoms with Gasteiger partial charge in [0.2, 0.25) is 0 Å². The SMILES string of the molecule is Cn1ccc2cc(I)ccc2c1=O. The zero-order valence-electron chi connectivity index (χ0n) is 7.12. The average Bonchev–Trinajstić information content (AvgIpc) is 2.12. The summed E-state index contributed by atoms with van der Waals surface area (Å²) in [5.41, 5.74) is 0.0638. The van der Waals surface area contributed by atoms with E-state index in [9.17, 15) is 4.79 Å². The summed E-state index contributed by atoms with van der Waals surface area (Å²) in [6.07, 6.45) is 1.79. The fraction of sp³-hybridized carbons (Fsp3) is 0.100. The second-order valence-electron chi connectivity index (χ2n) is 2.96. The Kier molecular flexibility index (Phi) is 2.11. The minimum absolute atomic E-state index is 0.0638. The van der Waals surface area contributed by atoms with E-state index < -0.39 is 0 Å². The highest BCUT2D eigenvalue weighted by molar-refractivity contribution is 14.1. The van der Waals surface area contributed by atoms with Gasteiger partial charge in [0.1, 0.15) is 0 Å². The van der Waals surface area contributed by atoms with Gasteiger partial charge >= 0.3 is 0 Å². The van der Waals surface area contributed by atoms with Crippen LogP contribution >= 0.6 is 22.6 Å². The standard InChI is InChI=1S/C10H8INO/c1-12-5-4-7-6-8(11)2-3-9(7)10(12)13/h2-6H,1H3. The van der Waals surface area contributed by atoms with Crippen molar-refractivity contribution in [2.24, 2.45) is 7.05 Å². The molecule has 0 saturated heterocycles. The number of rotatable bonds is 0. The molecule has 1 aromatic carbocycles. The Labute approximate surface area is 89.3 Å². The molecule has 0 N–H and O–H groups in total. The van der Waals surface area contributed by atoms with Crippen molar-refractivity contribution in [3.8, 4) is 0 Å². The molecule has 0 radical (unpaired) electrons. The fourth-order valence-corrected chi connectivity index (χ4v) is 1.83. The number of pyridine rings is 1. The van der Waals surface area contributed by atoms with Crippen molar-refractivity contribution in [3.05, 3.63) is 44.4 Å². The van der Waals surface area contributed by atoms with Crippen molar-refractivity contribution in [2.45, 2.75) is 0 Å². The molecule has 1 heterocycles. The molecule has 0 atom stereocenters. The molecule has 2 nitrogen and oxygen atoms in total. The summed E-state index contributed by atoms with van der Waals surface area (Å²) in [4.78, 5) is 11.6. The lowest BCUT2D eigenvalue weighted by Crippen LogP contribution is -2.15. The van der Waals surface area contributed by atoms with Gasteiger partial charge in [0, 0.05) is 22.2 Å². The summed E-state index contributed by atoms with van der Waals surface area (Å²) >= 11 is 2.24. The molecule has 0 saturated carbocycles. The summed E-state index contributed by atoms with van der Waals surface area (Å²) in [6.45, 7) is 0. The number of benzene rings is 1. The monoisotopic (exact) mass is 285 g/mol. The Morgan fingerprint density at radius 1 is 1.31 bits per heavy atom. The van der Waals surface area contributed by atoms with E-state index >= 15 is 0 Å². The normalized spacial score (nSPS) is 10.6. The highest BCUT2D eigenvalue weighted by atomic mass is 127. The lowest BCUT2D eigenvalue weighted by Gasteiger charge is -2.00. The van der Waals surface area contributed by atoms with Crippen LogP contribution in [0, 0.1) is 3.57 Å². The smallest absolute Gasteiger partial charge is 0.258 e. The van der Waals surface area contributed by atoms with Crippen LogP contribution in [0.3, 0.4) is 0 Å². The van der Waals surface area contributed by atoms with E-state index in [4.69, 9.17) is 0 Å². The third-order valence-electron chi connectivity index (χ3n) is 2.04. The third kappa shape index (κ3) is 1.48. The van der Waals surface area contributed by atoms with Crippen LogP contribution in [0.4, 0.5) is 0 Å². The maximum Gasteiger partial charge on any atom is 0.258 e. The molecule has 13 heavy (non-hydrogen) atoms. The maximum absolute atomic E-state index is 11.6. The van der Waals surface area contributed by atoms with Crippen molar-refractivity contribution in [1.82, 2.24) is 4.57 Å². The van der Waals surface area contributed by atoms with E-state index in [2.05, 4.69) is 22.6 Å². The number of nitrogens with zero attached hydrogens (tertiary/aromatic N) is 1.